The lowest BCUT2D eigenvalue weighted by molar-refractivity contribution is 0.181. The van der Waals surface area contributed by atoms with Crippen molar-refractivity contribution in [1.29, 1.82) is 0 Å². The first-order chi connectivity index (χ1) is 8.85. The standard InChI is InChI=1S/C16H26ClNO/c1-6-12-10-14(8-9-15(12)17)19-13(7-2)11-18-16(3,4)5/h8-10,13,18H,6-7,11H2,1-5H3. The molecular weight excluding hydrogens is 258 g/mol. The summed E-state index contributed by atoms with van der Waals surface area (Å²) in [5.74, 6) is 0.906. The normalized spacial score (nSPS) is 13.4. The zero-order chi connectivity index (χ0) is 14.5. The Morgan fingerprint density at radius 2 is 1.95 bits per heavy atom. The molecule has 1 N–H and O–H groups in total. The Morgan fingerprint density at radius 1 is 1.26 bits per heavy atom. The fourth-order valence-corrected chi connectivity index (χ4v) is 2.03. The second-order valence-corrected chi connectivity index (χ2v) is 6.29. The molecule has 19 heavy (non-hydrogen) atoms. The van der Waals surface area contributed by atoms with Crippen LogP contribution in [0.5, 0.6) is 5.75 Å². The molecule has 0 aliphatic carbocycles. The summed E-state index contributed by atoms with van der Waals surface area (Å²) in [6.07, 6.45) is 2.09. The van der Waals surface area contributed by atoms with E-state index in [2.05, 4.69) is 39.9 Å². The molecule has 0 radical (unpaired) electrons. The number of rotatable bonds is 6. The average molecular weight is 284 g/mol. The van der Waals surface area contributed by atoms with Crippen LogP contribution < -0.4 is 10.1 Å². The van der Waals surface area contributed by atoms with Crippen molar-refractivity contribution in [2.45, 2.75) is 59.1 Å². The second-order valence-electron chi connectivity index (χ2n) is 5.89. The highest BCUT2D eigenvalue weighted by Crippen LogP contribution is 2.23. The minimum atomic E-state index is 0.116. The lowest BCUT2D eigenvalue weighted by Gasteiger charge is -2.25. The van der Waals surface area contributed by atoms with E-state index in [0.717, 1.165) is 35.7 Å². The van der Waals surface area contributed by atoms with E-state index in [4.69, 9.17) is 16.3 Å². The number of benzene rings is 1. The Labute approximate surface area is 122 Å². The van der Waals surface area contributed by atoms with Gasteiger partial charge in [-0.1, -0.05) is 25.4 Å². The van der Waals surface area contributed by atoms with Crippen molar-refractivity contribution in [3.05, 3.63) is 28.8 Å². The molecule has 3 heteroatoms. The van der Waals surface area contributed by atoms with Crippen LogP contribution in [0.15, 0.2) is 18.2 Å². The molecule has 108 valence electrons. The van der Waals surface area contributed by atoms with Crippen molar-refractivity contribution in [3.8, 4) is 5.75 Å². The molecule has 1 aromatic rings. The minimum absolute atomic E-state index is 0.116. The van der Waals surface area contributed by atoms with Gasteiger partial charge in [0, 0.05) is 17.1 Å². The van der Waals surface area contributed by atoms with E-state index in [-0.39, 0.29) is 11.6 Å². The highest BCUT2D eigenvalue weighted by Gasteiger charge is 2.14. The summed E-state index contributed by atoms with van der Waals surface area (Å²) in [5.41, 5.74) is 1.25. The molecule has 0 spiro atoms. The van der Waals surface area contributed by atoms with Gasteiger partial charge in [-0.25, -0.2) is 0 Å². The Balaban J connectivity index is 2.65. The summed E-state index contributed by atoms with van der Waals surface area (Å²) in [5, 5.41) is 4.30. The summed E-state index contributed by atoms with van der Waals surface area (Å²) >= 11 is 6.12. The predicted octanol–water partition coefficient (Wildman–Crippen LogP) is 4.45. The Morgan fingerprint density at radius 3 is 2.47 bits per heavy atom. The van der Waals surface area contributed by atoms with Crippen LogP contribution in [0.1, 0.15) is 46.6 Å². The molecule has 1 atom stereocenters. The molecule has 1 unspecified atom stereocenters. The van der Waals surface area contributed by atoms with Gasteiger partial charge in [-0.2, -0.15) is 0 Å². The Hall–Kier alpha value is -0.730. The Kier molecular flexibility index (Phi) is 6.15. The van der Waals surface area contributed by atoms with Crippen LogP contribution in [-0.2, 0) is 6.42 Å². The van der Waals surface area contributed by atoms with E-state index in [0.29, 0.717) is 0 Å². The zero-order valence-electron chi connectivity index (χ0n) is 12.7. The second kappa shape index (κ2) is 7.16. The first-order valence-corrected chi connectivity index (χ1v) is 7.43. The lowest BCUT2D eigenvalue weighted by atomic mass is 10.1. The van der Waals surface area contributed by atoms with E-state index in [9.17, 15) is 0 Å². The fourth-order valence-electron chi connectivity index (χ4n) is 1.78. The van der Waals surface area contributed by atoms with Crippen LogP contribution in [0.2, 0.25) is 5.02 Å². The number of halogens is 1. The molecule has 0 saturated carbocycles. The van der Waals surface area contributed by atoms with Gasteiger partial charge >= 0.3 is 0 Å². The summed E-state index contributed by atoms with van der Waals surface area (Å²) in [6, 6.07) is 5.91. The maximum Gasteiger partial charge on any atom is 0.120 e. The van der Waals surface area contributed by atoms with Crippen LogP contribution in [0.4, 0.5) is 0 Å². The van der Waals surface area contributed by atoms with Crippen molar-refractivity contribution in [2.24, 2.45) is 0 Å². The third kappa shape index (κ3) is 5.84. The van der Waals surface area contributed by atoms with Crippen LogP contribution >= 0.6 is 11.6 Å². The van der Waals surface area contributed by atoms with Crippen LogP contribution in [-0.4, -0.2) is 18.2 Å². The van der Waals surface area contributed by atoms with Crippen molar-refractivity contribution in [2.75, 3.05) is 6.54 Å². The third-order valence-corrected chi connectivity index (χ3v) is 3.38. The summed E-state index contributed by atoms with van der Waals surface area (Å²) < 4.78 is 6.04. The first-order valence-electron chi connectivity index (χ1n) is 7.05. The molecule has 0 aliphatic rings. The SMILES string of the molecule is CCc1cc(OC(CC)CNC(C)(C)C)ccc1Cl. The monoisotopic (exact) mass is 283 g/mol. The van der Waals surface area contributed by atoms with Gasteiger partial charge in [0.25, 0.3) is 0 Å². The maximum absolute atomic E-state index is 6.12. The number of hydrogen-bond donors (Lipinski definition) is 1. The zero-order valence-corrected chi connectivity index (χ0v) is 13.5. The molecule has 1 rings (SSSR count). The van der Waals surface area contributed by atoms with Gasteiger partial charge in [0.15, 0.2) is 0 Å². The fraction of sp³-hybridized carbons (Fsp3) is 0.625. The van der Waals surface area contributed by atoms with Gasteiger partial charge in [-0.3, -0.25) is 0 Å². The highest BCUT2D eigenvalue weighted by atomic mass is 35.5. The molecule has 2 nitrogen and oxygen atoms in total. The van der Waals surface area contributed by atoms with E-state index in [1.54, 1.807) is 0 Å². The number of hydrogen-bond acceptors (Lipinski definition) is 2. The summed E-state index contributed by atoms with van der Waals surface area (Å²) in [6.45, 7) is 11.6. The Bertz CT molecular complexity index is 398. The molecule has 0 amide bonds. The molecule has 0 fully saturated rings. The first kappa shape index (κ1) is 16.3. The predicted molar refractivity (Wildman–Crippen MR) is 83.3 cm³/mol. The van der Waals surface area contributed by atoms with Gasteiger partial charge in [0.1, 0.15) is 11.9 Å². The van der Waals surface area contributed by atoms with Crippen LogP contribution in [0.25, 0.3) is 0 Å². The minimum Gasteiger partial charge on any atom is -0.489 e. The lowest BCUT2D eigenvalue weighted by Crippen LogP contribution is -2.42. The quantitative estimate of drug-likeness (QED) is 0.833. The van der Waals surface area contributed by atoms with Gasteiger partial charge in [0.05, 0.1) is 0 Å². The van der Waals surface area contributed by atoms with E-state index in [1.165, 1.54) is 0 Å². The molecular formula is C16H26ClNO. The van der Waals surface area contributed by atoms with Crippen molar-refractivity contribution >= 4 is 11.6 Å². The number of nitrogens with one attached hydrogen (secondary N) is 1. The molecule has 0 saturated heterocycles. The third-order valence-electron chi connectivity index (χ3n) is 3.02. The largest absolute Gasteiger partial charge is 0.489 e. The molecule has 0 heterocycles. The molecule has 0 bridgehead atoms. The average Bonchev–Trinajstić information content (AvgIpc) is 2.35. The van der Waals surface area contributed by atoms with Crippen LogP contribution in [0.3, 0.4) is 0 Å². The van der Waals surface area contributed by atoms with E-state index >= 15 is 0 Å². The maximum atomic E-state index is 6.12. The van der Waals surface area contributed by atoms with Crippen molar-refractivity contribution < 1.29 is 4.74 Å². The summed E-state index contributed by atoms with van der Waals surface area (Å²) in [7, 11) is 0. The van der Waals surface area contributed by atoms with E-state index in [1.807, 2.05) is 18.2 Å². The summed E-state index contributed by atoms with van der Waals surface area (Å²) in [4.78, 5) is 0. The molecule has 0 aromatic heterocycles. The molecule has 1 aromatic carbocycles. The van der Waals surface area contributed by atoms with Gasteiger partial charge in [-0.05, 0) is 57.4 Å². The van der Waals surface area contributed by atoms with Crippen molar-refractivity contribution in [1.82, 2.24) is 5.32 Å². The van der Waals surface area contributed by atoms with Crippen LogP contribution in [0, 0.1) is 0 Å². The number of aryl methyl sites for hydroxylation is 1. The smallest absolute Gasteiger partial charge is 0.120 e. The van der Waals surface area contributed by atoms with Gasteiger partial charge in [-0.15, -0.1) is 0 Å². The molecule has 0 aliphatic heterocycles. The van der Waals surface area contributed by atoms with E-state index < -0.39 is 0 Å². The topological polar surface area (TPSA) is 21.3 Å². The highest BCUT2D eigenvalue weighted by molar-refractivity contribution is 6.31. The van der Waals surface area contributed by atoms with Crippen molar-refractivity contribution in [3.63, 3.8) is 0 Å². The van der Waals surface area contributed by atoms with Gasteiger partial charge < -0.3 is 10.1 Å². The van der Waals surface area contributed by atoms with Gasteiger partial charge in [0.2, 0.25) is 0 Å². The number of ether oxygens (including phenoxy) is 1.